The van der Waals surface area contributed by atoms with Crippen LogP contribution in [0.5, 0.6) is 0 Å². The van der Waals surface area contributed by atoms with Crippen molar-refractivity contribution in [1.82, 2.24) is 25.1 Å². The lowest BCUT2D eigenvalue weighted by molar-refractivity contribution is 0.139. The van der Waals surface area contributed by atoms with Crippen LogP contribution in [0.1, 0.15) is 6.04 Å². The molecule has 1 saturated heterocycles. The monoisotopic (exact) mass is 358 g/mol. The van der Waals surface area contributed by atoms with Crippen LogP contribution in [0.25, 0.3) is 11.3 Å². The molecule has 2 aromatic heterocycles. The summed E-state index contributed by atoms with van der Waals surface area (Å²) in [6, 6.07) is 6.75. The Morgan fingerprint density at radius 3 is 2.96 bits per heavy atom. The lowest BCUT2D eigenvalue weighted by Crippen LogP contribution is -2.33. The minimum absolute atomic E-state index is 0.147. The summed E-state index contributed by atoms with van der Waals surface area (Å²) in [4.78, 5) is 13.8. The predicted molar refractivity (Wildman–Crippen MR) is 87.6 cm³/mol. The minimum atomic E-state index is -0.756. The molecule has 2 N–H and O–H groups in total. The van der Waals surface area contributed by atoms with E-state index in [2.05, 4.69) is 20.8 Å². The summed E-state index contributed by atoms with van der Waals surface area (Å²) in [7, 11) is 0. The molecule has 4 rings (SSSR count). The third-order valence-corrected chi connectivity index (χ3v) is 4.21. The van der Waals surface area contributed by atoms with Crippen molar-refractivity contribution in [2.24, 2.45) is 0 Å². The Morgan fingerprint density at radius 1 is 1.35 bits per heavy atom. The zero-order chi connectivity index (χ0) is 18.1. The maximum atomic E-state index is 13.8. The standard InChI is InChI=1S/C16H15FN6O3/c17-11-4-2-1-3-10(11)14-7-15(20-26-14)19-16(25)22-8-12(13(24)9-22)23-6-5-18-21-23/h1-7,12-13,24H,8-9H2,(H,19,20,25)/t12-,13-/m1/s1. The first kappa shape index (κ1) is 16.2. The largest absolute Gasteiger partial charge is 0.389 e. The van der Waals surface area contributed by atoms with E-state index in [9.17, 15) is 14.3 Å². The molecule has 2 atom stereocenters. The van der Waals surface area contributed by atoms with E-state index in [0.29, 0.717) is 0 Å². The molecule has 1 fully saturated rings. The number of aliphatic hydroxyl groups is 1. The molecule has 3 heterocycles. The molecule has 9 nitrogen and oxygen atoms in total. The van der Waals surface area contributed by atoms with Crippen LogP contribution >= 0.6 is 0 Å². The zero-order valence-electron chi connectivity index (χ0n) is 13.5. The first-order valence-corrected chi connectivity index (χ1v) is 7.93. The maximum Gasteiger partial charge on any atom is 0.323 e. The van der Waals surface area contributed by atoms with Crippen LogP contribution in [-0.4, -0.2) is 55.4 Å². The normalized spacial score (nSPS) is 19.7. The highest BCUT2D eigenvalue weighted by Crippen LogP contribution is 2.26. The van der Waals surface area contributed by atoms with E-state index in [1.807, 2.05) is 0 Å². The van der Waals surface area contributed by atoms with Crippen LogP contribution in [-0.2, 0) is 0 Å². The summed E-state index contributed by atoms with van der Waals surface area (Å²) in [5, 5.41) is 24.0. The molecule has 134 valence electrons. The highest BCUT2D eigenvalue weighted by atomic mass is 19.1. The predicted octanol–water partition coefficient (Wildman–Crippen LogP) is 1.52. The highest BCUT2D eigenvalue weighted by Gasteiger charge is 2.36. The number of carbonyl (C=O) groups is 1. The van der Waals surface area contributed by atoms with E-state index in [1.165, 1.54) is 27.9 Å². The number of anilines is 1. The molecule has 1 aliphatic heterocycles. The van der Waals surface area contributed by atoms with Crippen molar-refractivity contribution in [1.29, 1.82) is 0 Å². The average molecular weight is 358 g/mol. The van der Waals surface area contributed by atoms with Crippen LogP contribution in [0.3, 0.4) is 0 Å². The molecule has 0 radical (unpaired) electrons. The smallest absolute Gasteiger partial charge is 0.323 e. The van der Waals surface area contributed by atoms with Crippen molar-refractivity contribution in [3.63, 3.8) is 0 Å². The molecule has 0 bridgehead atoms. The topological polar surface area (TPSA) is 109 Å². The Kier molecular flexibility index (Phi) is 4.09. The van der Waals surface area contributed by atoms with Gasteiger partial charge in [-0.1, -0.05) is 22.5 Å². The van der Waals surface area contributed by atoms with Gasteiger partial charge in [-0.2, -0.15) is 0 Å². The Labute approximate surface area is 147 Å². The molecule has 10 heteroatoms. The summed E-state index contributed by atoms with van der Waals surface area (Å²) in [6.45, 7) is 0.419. The number of hydrogen-bond acceptors (Lipinski definition) is 6. The van der Waals surface area contributed by atoms with Crippen molar-refractivity contribution < 1.29 is 18.8 Å². The first-order valence-electron chi connectivity index (χ1n) is 7.93. The van der Waals surface area contributed by atoms with Crippen molar-refractivity contribution in [3.05, 3.63) is 48.5 Å². The van der Waals surface area contributed by atoms with Crippen LogP contribution in [0.15, 0.2) is 47.2 Å². The number of halogens is 1. The quantitative estimate of drug-likeness (QED) is 0.735. The molecule has 2 amide bonds. The van der Waals surface area contributed by atoms with E-state index >= 15 is 0 Å². The summed E-state index contributed by atoms with van der Waals surface area (Å²) >= 11 is 0. The molecule has 0 saturated carbocycles. The summed E-state index contributed by atoms with van der Waals surface area (Å²) in [5.41, 5.74) is 0.253. The molecule has 1 aliphatic rings. The number of amides is 2. The Morgan fingerprint density at radius 2 is 2.19 bits per heavy atom. The van der Waals surface area contributed by atoms with Gasteiger partial charge in [0.25, 0.3) is 0 Å². The summed E-state index contributed by atoms with van der Waals surface area (Å²) in [6.07, 6.45) is 2.39. The molecular formula is C16H15FN6O3. The van der Waals surface area contributed by atoms with Gasteiger partial charge in [-0.25, -0.2) is 13.9 Å². The van der Waals surface area contributed by atoms with Crippen molar-refractivity contribution >= 4 is 11.8 Å². The summed E-state index contributed by atoms with van der Waals surface area (Å²) < 4.78 is 20.4. The van der Waals surface area contributed by atoms with Gasteiger partial charge in [-0.05, 0) is 12.1 Å². The molecular weight excluding hydrogens is 343 g/mol. The fourth-order valence-electron chi connectivity index (χ4n) is 2.90. The van der Waals surface area contributed by atoms with E-state index in [4.69, 9.17) is 4.52 Å². The second-order valence-electron chi connectivity index (χ2n) is 5.91. The van der Waals surface area contributed by atoms with Crippen LogP contribution < -0.4 is 5.32 Å². The average Bonchev–Trinajstić information content (AvgIpc) is 3.35. The number of aromatic nitrogens is 4. The number of benzene rings is 1. The van der Waals surface area contributed by atoms with E-state index in [0.717, 1.165) is 0 Å². The molecule has 1 aromatic carbocycles. The molecule has 26 heavy (non-hydrogen) atoms. The number of nitrogens with one attached hydrogen (secondary N) is 1. The number of carbonyl (C=O) groups excluding carboxylic acids is 1. The summed E-state index contributed by atoms with van der Waals surface area (Å²) in [5.74, 6) is -0.0767. The van der Waals surface area contributed by atoms with Gasteiger partial charge in [0.1, 0.15) is 5.82 Å². The van der Waals surface area contributed by atoms with Gasteiger partial charge in [-0.15, -0.1) is 5.10 Å². The van der Waals surface area contributed by atoms with Gasteiger partial charge in [0.2, 0.25) is 0 Å². The number of rotatable bonds is 3. The molecule has 0 aliphatic carbocycles. The fraction of sp³-hybridized carbons (Fsp3) is 0.250. The van der Waals surface area contributed by atoms with Crippen molar-refractivity contribution in [2.75, 3.05) is 18.4 Å². The molecule has 0 unspecified atom stereocenters. The van der Waals surface area contributed by atoms with Gasteiger partial charge >= 0.3 is 6.03 Å². The first-order chi connectivity index (χ1) is 12.6. The van der Waals surface area contributed by atoms with E-state index in [-0.39, 0.29) is 36.3 Å². The number of nitrogens with zero attached hydrogens (tertiary/aromatic N) is 5. The third-order valence-electron chi connectivity index (χ3n) is 4.21. The van der Waals surface area contributed by atoms with Gasteiger partial charge < -0.3 is 14.5 Å². The van der Waals surface area contributed by atoms with Gasteiger partial charge in [0.15, 0.2) is 11.6 Å². The Bertz CT molecular complexity index is 912. The van der Waals surface area contributed by atoms with Gasteiger partial charge in [0, 0.05) is 18.8 Å². The second-order valence-corrected chi connectivity index (χ2v) is 5.91. The third kappa shape index (κ3) is 3.02. The number of aliphatic hydroxyl groups excluding tert-OH is 1. The van der Waals surface area contributed by atoms with Crippen molar-refractivity contribution in [2.45, 2.75) is 12.1 Å². The molecule has 3 aromatic rings. The van der Waals surface area contributed by atoms with Gasteiger partial charge in [0.05, 0.1) is 30.5 Å². The molecule has 0 spiro atoms. The number of β-amino-alcohol motifs (C(OH)–C–C–N with tert-alkyl or cyclic N) is 1. The van der Waals surface area contributed by atoms with E-state index < -0.39 is 18.0 Å². The van der Waals surface area contributed by atoms with Crippen LogP contribution in [0.4, 0.5) is 15.0 Å². The number of hydrogen-bond donors (Lipinski definition) is 2. The highest BCUT2D eigenvalue weighted by molar-refractivity contribution is 5.89. The van der Waals surface area contributed by atoms with Crippen LogP contribution in [0.2, 0.25) is 0 Å². The van der Waals surface area contributed by atoms with Gasteiger partial charge in [-0.3, -0.25) is 5.32 Å². The van der Waals surface area contributed by atoms with Crippen LogP contribution in [0, 0.1) is 5.82 Å². The maximum absolute atomic E-state index is 13.8. The van der Waals surface area contributed by atoms with Crippen molar-refractivity contribution in [3.8, 4) is 11.3 Å². The Hall–Kier alpha value is -3.27. The van der Waals surface area contributed by atoms with E-state index in [1.54, 1.807) is 24.4 Å². The number of urea groups is 1. The lowest BCUT2D eigenvalue weighted by atomic mass is 10.1. The minimum Gasteiger partial charge on any atom is -0.389 e. The lowest BCUT2D eigenvalue weighted by Gasteiger charge is -2.15. The number of likely N-dealkylation sites (tertiary alicyclic amines) is 1. The fourth-order valence-corrected chi connectivity index (χ4v) is 2.90. The second kappa shape index (κ2) is 6.56. The SMILES string of the molecule is O=C(Nc1cc(-c2ccccc2F)on1)N1C[C@@H](O)[C@H](n2ccnn2)C1. The Balaban J connectivity index is 1.44. The zero-order valence-corrected chi connectivity index (χ0v) is 13.5.